The number of carbonyl (C=O) groups is 1. The van der Waals surface area contributed by atoms with Crippen molar-refractivity contribution in [3.8, 4) is 0 Å². The van der Waals surface area contributed by atoms with E-state index in [1.54, 1.807) is 0 Å². The molecule has 0 bridgehead atoms. The van der Waals surface area contributed by atoms with E-state index in [1.165, 1.54) is 0 Å². The number of hydrogen-bond acceptors (Lipinski definition) is 3. The van der Waals surface area contributed by atoms with Crippen molar-refractivity contribution >= 4 is 11.8 Å². The molecule has 2 N–H and O–H groups in total. The maximum absolute atomic E-state index is 10.6. The Bertz CT molecular complexity index is 189. The van der Waals surface area contributed by atoms with Crippen LogP contribution in [0.1, 0.15) is 13.3 Å². The summed E-state index contributed by atoms with van der Waals surface area (Å²) in [5.41, 5.74) is 0. The zero-order chi connectivity index (χ0) is 8.27. The first-order chi connectivity index (χ1) is 5.25. The third-order valence-electron chi connectivity index (χ3n) is 1.74. The summed E-state index contributed by atoms with van der Waals surface area (Å²) in [5.74, 6) is -0.585. The van der Waals surface area contributed by atoms with Gasteiger partial charge in [-0.25, -0.2) is 0 Å². The number of aliphatic carboxylic acids is 1. The van der Waals surface area contributed by atoms with Crippen LogP contribution in [0.15, 0.2) is 4.99 Å². The van der Waals surface area contributed by atoms with E-state index in [9.17, 15) is 4.79 Å². The van der Waals surface area contributed by atoms with Gasteiger partial charge in [0.1, 0.15) is 11.8 Å². The molecule has 0 fully saturated rings. The molecule has 0 amide bonds. The van der Waals surface area contributed by atoms with Crippen LogP contribution in [0, 0.1) is 5.92 Å². The van der Waals surface area contributed by atoms with Crippen LogP contribution >= 0.6 is 0 Å². The second-order valence-electron chi connectivity index (χ2n) is 2.49. The van der Waals surface area contributed by atoms with Crippen LogP contribution in [0.2, 0.25) is 0 Å². The molecule has 1 rings (SSSR count). The van der Waals surface area contributed by atoms with Crippen LogP contribution in [-0.2, 0) is 4.79 Å². The molecular formula is C7H12N2O2. The summed E-state index contributed by atoms with van der Waals surface area (Å²) >= 11 is 0. The highest BCUT2D eigenvalue weighted by atomic mass is 16.4. The smallest absolute Gasteiger partial charge is 0.314 e. The molecule has 1 unspecified atom stereocenters. The molecular weight excluding hydrogens is 144 g/mol. The molecule has 4 heteroatoms. The van der Waals surface area contributed by atoms with E-state index in [1.807, 2.05) is 6.92 Å². The van der Waals surface area contributed by atoms with Crippen LogP contribution in [0.5, 0.6) is 0 Å². The van der Waals surface area contributed by atoms with E-state index < -0.39 is 11.9 Å². The Hall–Kier alpha value is -1.06. The Morgan fingerprint density at radius 2 is 2.64 bits per heavy atom. The normalized spacial score (nSPS) is 18.8. The molecule has 4 nitrogen and oxygen atoms in total. The van der Waals surface area contributed by atoms with E-state index in [0.717, 1.165) is 6.54 Å². The number of aliphatic imine (C=N–C) groups is 1. The lowest BCUT2D eigenvalue weighted by molar-refractivity contribution is -0.139. The summed E-state index contributed by atoms with van der Waals surface area (Å²) in [4.78, 5) is 14.6. The predicted octanol–water partition coefficient (Wildman–Crippen LogP) is 0.0989. The molecule has 0 radical (unpaired) electrons. The molecule has 62 valence electrons. The number of amidine groups is 1. The first-order valence-corrected chi connectivity index (χ1v) is 3.76. The molecule has 0 aromatic carbocycles. The van der Waals surface area contributed by atoms with Gasteiger partial charge in [0.25, 0.3) is 0 Å². The van der Waals surface area contributed by atoms with Gasteiger partial charge < -0.3 is 10.4 Å². The summed E-state index contributed by atoms with van der Waals surface area (Å²) in [7, 11) is 0. The SMILES string of the molecule is CCC(C(=O)O)C1=NCCN1. The van der Waals surface area contributed by atoms with Gasteiger partial charge in [0.05, 0.1) is 6.54 Å². The lowest BCUT2D eigenvalue weighted by atomic mass is 10.1. The molecule has 1 heterocycles. The van der Waals surface area contributed by atoms with Gasteiger partial charge >= 0.3 is 5.97 Å². The third-order valence-corrected chi connectivity index (χ3v) is 1.74. The lowest BCUT2D eigenvalue weighted by Gasteiger charge is -2.09. The van der Waals surface area contributed by atoms with Crippen molar-refractivity contribution in [3.05, 3.63) is 0 Å². The van der Waals surface area contributed by atoms with Crippen molar-refractivity contribution in [1.82, 2.24) is 5.32 Å². The fraction of sp³-hybridized carbons (Fsp3) is 0.714. The Balaban J connectivity index is 2.61. The summed E-state index contributed by atoms with van der Waals surface area (Å²) in [5, 5.41) is 11.7. The third kappa shape index (κ3) is 1.69. The fourth-order valence-electron chi connectivity index (χ4n) is 1.13. The van der Waals surface area contributed by atoms with E-state index in [0.29, 0.717) is 18.8 Å². The Labute approximate surface area is 65.3 Å². The first kappa shape index (κ1) is 8.04. The number of rotatable bonds is 3. The van der Waals surface area contributed by atoms with E-state index in [2.05, 4.69) is 10.3 Å². The Morgan fingerprint density at radius 3 is 3.00 bits per heavy atom. The maximum atomic E-state index is 10.6. The van der Waals surface area contributed by atoms with Crippen LogP contribution in [0.25, 0.3) is 0 Å². The van der Waals surface area contributed by atoms with Crippen LogP contribution < -0.4 is 5.32 Å². The van der Waals surface area contributed by atoms with Crippen molar-refractivity contribution in [2.75, 3.05) is 13.1 Å². The highest BCUT2D eigenvalue weighted by Crippen LogP contribution is 2.06. The highest BCUT2D eigenvalue weighted by molar-refractivity contribution is 6.00. The maximum Gasteiger partial charge on any atom is 0.314 e. The largest absolute Gasteiger partial charge is 0.481 e. The molecule has 0 aliphatic carbocycles. The minimum atomic E-state index is -0.791. The van der Waals surface area contributed by atoms with Crippen molar-refractivity contribution in [2.24, 2.45) is 10.9 Å². The van der Waals surface area contributed by atoms with Gasteiger partial charge in [0, 0.05) is 6.54 Å². The summed E-state index contributed by atoms with van der Waals surface area (Å²) < 4.78 is 0. The zero-order valence-corrected chi connectivity index (χ0v) is 6.50. The number of carboxylic acids is 1. The average molecular weight is 156 g/mol. The summed E-state index contributed by atoms with van der Waals surface area (Å²) in [6.45, 7) is 3.33. The van der Waals surface area contributed by atoms with Crippen molar-refractivity contribution in [2.45, 2.75) is 13.3 Å². The van der Waals surface area contributed by atoms with Gasteiger partial charge in [-0.05, 0) is 6.42 Å². The molecule has 0 aromatic rings. The molecule has 0 saturated carbocycles. The molecule has 1 aliphatic heterocycles. The molecule has 1 atom stereocenters. The first-order valence-electron chi connectivity index (χ1n) is 3.76. The van der Waals surface area contributed by atoms with Gasteiger partial charge in [-0.3, -0.25) is 9.79 Å². The van der Waals surface area contributed by atoms with Crippen molar-refractivity contribution < 1.29 is 9.90 Å². The molecule has 0 spiro atoms. The molecule has 0 saturated heterocycles. The van der Waals surface area contributed by atoms with Crippen molar-refractivity contribution in [1.29, 1.82) is 0 Å². The predicted molar refractivity (Wildman–Crippen MR) is 41.7 cm³/mol. The summed E-state index contributed by atoms with van der Waals surface area (Å²) in [6.07, 6.45) is 0.598. The average Bonchev–Trinajstić information content (AvgIpc) is 2.40. The molecule has 11 heavy (non-hydrogen) atoms. The van der Waals surface area contributed by atoms with Crippen LogP contribution in [0.4, 0.5) is 0 Å². The van der Waals surface area contributed by atoms with Gasteiger partial charge in [-0.15, -0.1) is 0 Å². The second-order valence-corrected chi connectivity index (χ2v) is 2.49. The van der Waals surface area contributed by atoms with E-state index >= 15 is 0 Å². The van der Waals surface area contributed by atoms with Gasteiger partial charge in [0.15, 0.2) is 0 Å². The Kier molecular flexibility index (Phi) is 2.46. The van der Waals surface area contributed by atoms with Crippen molar-refractivity contribution in [3.63, 3.8) is 0 Å². The van der Waals surface area contributed by atoms with Crippen LogP contribution in [0.3, 0.4) is 0 Å². The minimum Gasteiger partial charge on any atom is -0.481 e. The number of nitrogens with one attached hydrogen (secondary N) is 1. The fourth-order valence-corrected chi connectivity index (χ4v) is 1.13. The molecule has 1 aliphatic rings. The van der Waals surface area contributed by atoms with Gasteiger partial charge in [0.2, 0.25) is 0 Å². The van der Waals surface area contributed by atoms with Gasteiger partial charge in [-0.2, -0.15) is 0 Å². The molecule has 0 aromatic heterocycles. The Morgan fingerprint density at radius 1 is 1.91 bits per heavy atom. The lowest BCUT2D eigenvalue weighted by Crippen LogP contribution is -2.31. The van der Waals surface area contributed by atoms with E-state index in [4.69, 9.17) is 5.11 Å². The van der Waals surface area contributed by atoms with E-state index in [-0.39, 0.29) is 0 Å². The standard InChI is InChI=1S/C7H12N2O2/c1-2-5(7(10)11)6-8-3-4-9-6/h5H,2-4H2,1H3,(H,8,9)(H,10,11). The second kappa shape index (κ2) is 3.37. The summed E-state index contributed by atoms with van der Waals surface area (Å²) in [6, 6.07) is 0. The monoisotopic (exact) mass is 156 g/mol. The number of carboxylic acid groups (broad SMARTS) is 1. The van der Waals surface area contributed by atoms with Crippen LogP contribution in [-0.4, -0.2) is 30.0 Å². The minimum absolute atomic E-state index is 0.433. The quantitative estimate of drug-likeness (QED) is 0.609. The number of hydrogen-bond donors (Lipinski definition) is 2. The number of nitrogens with zero attached hydrogens (tertiary/aromatic N) is 1. The highest BCUT2D eigenvalue weighted by Gasteiger charge is 2.23. The zero-order valence-electron chi connectivity index (χ0n) is 6.50. The topological polar surface area (TPSA) is 61.7 Å². The van der Waals surface area contributed by atoms with Gasteiger partial charge in [-0.1, -0.05) is 6.92 Å².